The van der Waals surface area contributed by atoms with E-state index in [0.717, 1.165) is 32.1 Å². The van der Waals surface area contributed by atoms with Gasteiger partial charge in [-0.1, -0.05) is 24.4 Å². The van der Waals surface area contributed by atoms with Crippen LogP contribution in [0.1, 0.15) is 54.3 Å². The van der Waals surface area contributed by atoms with Crippen LogP contribution in [0.15, 0.2) is 23.1 Å². The molecule has 1 fully saturated rings. The largest absolute Gasteiger partial charge is 0.340 e. The van der Waals surface area contributed by atoms with E-state index in [9.17, 15) is 4.79 Å². The molecule has 0 atom stereocenters. The molecule has 0 bridgehead atoms. The summed E-state index contributed by atoms with van der Waals surface area (Å²) in [6.07, 6.45) is 9.29. The summed E-state index contributed by atoms with van der Waals surface area (Å²) in [7, 11) is 0. The summed E-state index contributed by atoms with van der Waals surface area (Å²) >= 11 is 0. The average Bonchev–Trinajstić information content (AvgIpc) is 2.96. The molecule has 3 rings (SSSR count). The van der Waals surface area contributed by atoms with Gasteiger partial charge in [-0.2, -0.15) is 4.98 Å². The summed E-state index contributed by atoms with van der Waals surface area (Å²) in [6.45, 7) is 1.75. The number of carbonyl (C=O) groups excluding carboxylic acids is 1. The van der Waals surface area contributed by atoms with E-state index in [-0.39, 0.29) is 5.91 Å². The van der Waals surface area contributed by atoms with Gasteiger partial charge in [0.05, 0.1) is 6.20 Å². The second-order valence-electron chi connectivity index (χ2n) is 5.32. The fourth-order valence-corrected chi connectivity index (χ4v) is 2.75. The fourth-order valence-electron chi connectivity index (χ4n) is 2.75. The highest BCUT2D eigenvalue weighted by Crippen LogP contribution is 2.35. The van der Waals surface area contributed by atoms with Gasteiger partial charge >= 0.3 is 0 Å². The zero-order chi connectivity index (χ0) is 14.7. The zero-order valence-corrected chi connectivity index (χ0v) is 11.9. The molecule has 7 nitrogen and oxygen atoms in total. The molecule has 0 spiro atoms. The summed E-state index contributed by atoms with van der Waals surface area (Å²) in [4.78, 5) is 24.7. The predicted molar refractivity (Wildman–Crippen MR) is 73.3 cm³/mol. The highest BCUT2D eigenvalue weighted by atomic mass is 16.5. The van der Waals surface area contributed by atoms with Crippen LogP contribution in [-0.4, -0.2) is 26.0 Å². The van der Waals surface area contributed by atoms with Crippen molar-refractivity contribution in [2.45, 2.75) is 44.6 Å². The number of amides is 1. The molecular formula is C14H17N5O2. The van der Waals surface area contributed by atoms with E-state index in [4.69, 9.17) is 4.52 Å². The number of rotatable bonds is 3. The van der Waals surface area contributed by atoms with Crippen LogP contribution in [0.3, 0.4) is 0 Å². The maximum atomic E-state index is 12.4. The number of hydrogen-bond acceptors (Lipinski definition) is 6. The van der Waals surface area contributed by atoms with Gasteiger partial charge < -0.3 is 9.84 Å². The average molecular weight is 287 g/mol. The Morgan fingerprint density at radius 2 is 2.10 bits per heavy atom. The van der Waals surface area contributed by atoms with Crippen LogP contribution in [0, 0.1) is 6.92 Å². The highest BCUT2D eigenvalue weighted by molar-refractivity contribution is 5.92. The van der Waals surface area contributed by atoms with Crippen LogP contribution < -0.4 is 5.32 Å². The summed E-state index contributed by atoms with van der Waals surface area (Å²) in [5, 5.41) is 7.07. The minimum Gasteiger partial charge on any atom is -0.340 e. The number of aromatic nitrogens is 4. The van der Waals surface area contributed by atoms with Gasteiger partial charge in [0.25, 0.3) is 5.91 Å². The van der Waals surface area contributed by atoms with Crippen LogP contribution in [-0.2, 0) is 5.54 Å². The molecule has 0 unspecified atom stereocenters. The van der Waals surface area contributed by atoms with Crippen molar-refractivity contribution in [2.75, 3.05) is 0 Å². The minimum atomic E-state index is -0.565. The van der Waals surface area contributed by atoms with Crippen molar-refractivity contribution in [2.24, 2.45) is 0 Å². The fraction of sp³-hybridized carbons (Fsp3) is 0.500. The third-order valence-electron chi connectivity index (χ3n) is 3.81. The van der Waals surface area contributed by atoms with Crippen LogP contribution in [0.25, 0.3) is 0 Å². The van der Waals surface area contributed by atoms with Gasteiger partial charge in [-0.05, 0) is 12.8 Å². The second-order valence-corrected chi connectivity index (χ2v) is 5.32. The van der Waals surface area contributed by atoms with Gasteiger partial charge in [-0.15, -0.1) is 0 Å². The van der Waals surface area contributed by atoms with E-state index in [1.165, 1.54) is 18.6 Å². The van der Waals surface area contributed by atoms with Gasteiger partial charge in [-0.3, -0.25) is 9.78 Å². The third kappa shape index (κ3) is 2.76. The first-order valence-corrected chi connectivity index (χ1v) is 7.09. The Hall–Kier alpha value is -2.31. The molecule has 0 aliphatic heterocycles. The molecule has 1 aliphatic carbocycles. The van der Waals surface area contributed by atoms with E-state index < -0.39 is 5.54 Å². The number of aryl methyl sites for hydroxylation is 1. The lowest BCUT2D eigenvalue weighted by Crippen LogP contribution is -2.48. The lowest BCUT2D eigenvalue weighted by atomic mass is 9.81. The Morgan fingerprint density at radius 3 is 2.71 bits per heavy atom. The van der Waals surface area contributed by atoms with E-state index in [2.05, 4.69) is 25.4 Å². The van der Waals surface area contributed by atoms with Crippen molar-refractivity contribution in [3.63, 3.8) is 0 Å². The molecule has 0 saturated heterocycles. The van der Waals surface area contributed by atoms with Crippen molar-refractivity contribution in [1.82, 2.24) is 25.4 Å². The smallest absolute Gasteiger partial charge is 0.272 e. The Bertz CT molecular complexity index is 619. The minimum absolute atomic E-state index is 0.257. The molecule has 1 saturated carbocycles. The van der Waals surface area contributed by atoms with E-state index in [0.29, 0.717) is 17.4 Å². The molecule has 2 aromatic heterocycles. The first-order chi connectivity index (χ1) is 10.2. The monoisotopic (exact) mass is 287 g/mol. The summed E-state index contributed by atoms with van der Waals surface area (Å²) in [5.74, 6) is 0.799. The first kappa shape index (κ1) is 13.7. The van der Waals surface area contributed by atoms with Gasteiger partial charge in [0.1, 0.15) is 11.2 Å². The molecule has 2 heterocycles. The number of nitrogens with one attached hydrogen (secondary N) is 1. The molecule has 110 valence electrons. The van der Waals surface area contributed by atoms with Gasteiger partial charge in [0.15, 0.2) is 5.82 Å². The Balaban J connectivity index is 1.88. The molecule has 0 radical (unpaired) electrons. The number of hydrogen-bond donors (Lipinski definition) is 1. The maximum absolute atomic E-state index is 12.4. The molecule has 21 heavy (non-hydrogen) atoms. The van der Waals surface area contributed by atoms with Crippen molar-refractivity contribution >= 4 is 5.91 Å². The first-order valence-electron chi connectivity index (χ1n) is 7.09. The molecule has 1 aliphatic rings. The molecule has 2 aromatic rings. The summed E-state index contributed by atoms with van der Waals surface area (Å²) in [6, 6.07) is 0. The van der Waals surface area contributed by atoms with Crippen molar-refractivity contribution in [1.29, 1.82) is 0 Å². The highest BCUT2D eigenvalue weighted by Gasteiger charge is 2.40. The lowest BCUT2D eigenvalue weighted by Gasteiger charge is -2.35. The standard InChI is InChI=1S/C14H17N5O2/c1-10-17-13(19-21-10)14(5-3-2-4-6-14)18-12(20)11-9-15-7-8-16-11/h7-9H,2-6H2,1H3,(H,18,20). The van der Waals surface area contributed by atoms with Gasteiger partial charge in [0.2, 0.25) is 5.89 Å². The van der Waals surface area contributed by atoms with Crippen molar-refractivity contribution in [3.8, 4) is 0 Å². The lowest BCUT2D eigenvalue weighted by molar-refractivity contribution is 0.0849. The SMILES string of the molecule is Cc1nc(C2(NC(=O)c3cnccn3)CCCCC2)no1. The van der Waals surface area contributed by atoms with E-state index in [1.54, 1.807) is 6.92 Å². The zero-order valence-electron chi connectivity index (χ0n) is 11.9. The molecule has 0 aromatic carbocycles. The number of carbonyl (C=O) groups is 1. The maximum Gasteiger partial charge on any atom is 0.272 e. The topological polar surface area (TPSA) is 93.8 Å². The summed E-state index contributed by atoms with van der Waals surface area (Å²) < 4.78 is 5.09. The van der Waals surface area contributed by atoms with Crippen molar-refractivity contribution in [3.05, 3.63) is 36.0 Å². The Morgan fingerprint density at radius 1 is 1.29 bits per heavy atom. The summed E-state index contributed by atoms with van der Waals surface area (Å²) in [5.41, 5.74) is -0.271. The van der Waals surface area contributed by atoms with Crippen LogP contribution in [0.2, 0.25) is 0 Å². The van der Waals surface area contributed by atoms with E-state index >= 15 is 0 Å². The Kier molecular flexibility index (Phi) is 3.64. The molecular weight excluding hydrogens is 270 g/mol. The second kappa shape index (κ2) is 5.59. The van der Waals surface area contributed by atoms with Crippen LogP contribution in [0.5, 0.6) is 0 Å². The molecule has 1 amide bonds. The molecule has 1 N–H and O–H groups in total. The third-order valence-corrected chi connectivity index (χ3v) is 3.81. The molecule has 7 heteroatoms. The predicted octanol–water partition coefficient (Wildman–Crippen LogP) is 1.76. The van der Waals surface area contributed by atoms with E-state index in [1.807, 2.05) is 0 Å². The van der Waals surface area contributed by atoms with Gasteiger partial charge in [-0.25, -0.2) is 4.98 Å². The normalized spacial score (nSPS) is 17.4. The quantitative estimate of drug-likeness (QED) is 0.924. The number of nitrogens with zero attached hydrogens (tertiary/aromatic N) is 4. The van der Waals surface area contributed by atoms with Crippen LogP contribution in [0.4, 0.5) is 0 Å². The van der Waals surface area contributed by atoms with Gasteiger partial charge in [0, 0.05) is 19.3 Å². The van der Waals surface area contributed by atoms with Crippen LogP contribution >= 0.6 is 0 Å². The van der Waals surface area contributed by atoms with Crippen molar-refractivity contribution < 1.29 is 9.32 Å². The Labute approximate surface area is 122 Å².